The number of ether oxygens (including phenoxy) is 2. The largest absolute Gasteiger partial charge is 0.493 e. The Morgan fingerprint density at radius 2 is 1.72 bits per heavy atom. The van der Waals surface area contributed by atoms with Crippen molar-refractivity contribution >= 4 is 23.5 Å². The minimum atomic E-state index is -1.04. The molecule has 0 spiro atoms. The van der Waals surface area contributed by atoms with Crippen LogP contribution < -0.4 is 14.8 Å². The summed E-state index contributed by atoms with van der Waals surface area (Å²) in [4.78, 5) is 36.9. The van der Waals surface area contributed by atoms with Crippen LogP contribution in [0, 0.1) is 0 Å². The molecule has 0 atom stereocenters. The van der Waals surface area contributed by atoms with Gasteiger partial charge in [-0.25, -0.2) is 4.79 Å². The molecule has 0 fully saturated rings. The molecule has 2 aromatic rings. The Morgan fingerprint density at radius 3 is 2.34 bits per heavy atom. The quantitative estimate of drug-likeness (QED) is 0.660. The van der Waals surface area contributed by atoms with Crippen LogP contribution in [0.25, 0.3) is 0 Å². The molecule has 0 saturated heterocycles. The fourth-order valence-electron chi connectivity index (χ4n) is 2.94. The van der Waals surface area contributed by atoms with Gasteiger partial charge in [0.1, 0.15) is 5.70 Å². The lowest BCUT2D eigenvalue weighted by Crippen LogP contribution is -2.33. The molecule has 0 aliphatic carbocycles. The second kappa shape index (κ2) is 8.47. The number of methoxy groups -OCH3 is 2. The third-order valence-electron chi connectivity index (χ3n) is 4.49. The molecule has 150 valence electrons. The molecule has 29 heavy (non-hydrogen) atoms. The number of carboxylic acid groups (broad SMARTS) is 1. The second-order valence-electron chi connectivity index (χ2n) is 6.30. The first-order valence-electron chi connectivity index (χ1n) is 8.81. The van der Waals surface area contributed by atoms with E-state index in [-0.39, 0.29) is 17.8 Å². The highest BCUT2D eigenvalue weighted by molar-refractivity contribution is 6.17. The fourth-order valence-corrected chi connectivity index (χ4v) is 2.94. The van der Waals surface area contributed by atoms with Crippen molar-refractivity contribution in [2.45, 2.75) is 6.42 Å². The number of hydrogen-bond acceptors (Lipinski definition) is 6. The average Bonchev–Trinajstić information content (AvgIpc) is 2.99. The predicted octanol–water partition coefficient (Wildman–Crippen LogP) is 2.31. The zero-order valence-electron chi connectivity index (χ0n) is 16.0. The number of nitrogens with one attached hydrogen (secondary N) is 1. The molecule has 0 bridgehead atoms. The van der Waals surface area contributed by atoms with Gasteiger partial charge in [-0.3, -0.25) is 14.5 Å². The summed E-state index contributed by atoms with van der Waals surface area (Å²) in [5.74, 6) is -0.692. The van der Waals surface area contributed by atoms with Gasteiger partial charge in [-0.05, 0) is 48.4 Å². The normalized spacial score (nSPS) is 13.3. The summed E-state index contributed by atoms with van der Waals surface area (Å²) in [6.07, 6.45) is 1.70. The molecule has 0 radical (unpaired) electrons. The van der Waals surface area contributed by atoms with Gasteiger partial charge in [0.2, 0.25) is 0 Å². The zero-order valence-corrected chi connectivity index (χ0v) is 16.0. The van der Waals surface area contributed by atoms with Crippen LogP contribution in [0.15, 0.2) is 54.2 Å². The topological polar surface area (TPSA) is 105 Å². The van der Waals surface area contributed by atoms with Gasteiger partial charge in [-0.2, -0.15) is 0 Å². The maximum atomic E-state index is 12.6. The minimum absolute atomic E-state index is 0.134. The molecular weight excluding hydrogens is 376 g/mol. The van der Waals surface area contributed by atoms with E-state index in [0.29, 0.717) is 23.6 Å². The van der Waals surface area contributed by atoms with Gasteiger partial charge in [0.05, 0.1) is 19.8 Å². The van der Waals surface area contributed by atoms with Crippen LogP contribution in [-0.4, -0.2) is 48.6 Å². The number of imide groups is 1. The van der Waals surface area contributed by atoms with E-state index in [2.05, 4.69) is 5.32 Å². The summed E-state index contributed by atoms with van der Waals surface area (Å²) in [6.45, 7) is 0.215. The Labute approximate surface area is 167 Å². The Bertz CT molecular complexity index is 981. The summed E-state index contributed by atoms with van der Waals surface area (Å²) < 4.78 is 10.5. The van der Waals surface area contributed by atoms with Crippen molar-refractivity contribution in [2.75, 3.05) is 26.1 Å². The lowest BCUT2D eigenvalue weighted by atomic mass is 10.1. The standard InChI is InChI=1S/C21H20N2O6/c1-28-17-8-3-13(11-18(17)29-2)9-10-23-19(24)12-16(20(23)25)22-15-6-4-14(5-7-15)21(26)27/h3-8,11-12,22H,9-10H2,1-2H3,(H,26,27). The third kappa shape index (κ3) is 4.37. The van der Waals surface area contributed by atoms with E-state index in [4.69, 9.17) is 14.6 Å². The molecule has 2 amide bonds. The van der Waals surface area contributed by atoms with E-state index in [1.807, 2.05) is 6.07 Å². The first kappa shape index (κ1) is 19.9. The highest BCUT2D eigenvalue weighted by Gasteiger charge is 2.30. The van der Waals surface area contributed by atoms with Crippen molar-refractivity contribution in [1.82, 2.24) is 4.90 Å². The monoisotopic (exact) mass is 396 g/mol. The number of carbonyl (C=O) groups is 3. The van der Waals surface area contributed by atoms with Crippen molar-refractivity contribution in [3.05, 3.63) is 65.4 Å². The smallest absolute Gasteiger partial charge is 0.335 e. The first-order chi connectivity index (χ1) is 13.9. The molecule has 0 unspecified atom stereocenters. The van der Waals surface area contributed by atoms with Gasteiger partial charge in [0.15, 0.2) is 11.5 Å². The maximum absolute atomic E-state index is 12.6. The summed E-state index contributed by atoms with van der Waals surface area (Å²) in [5.41, 5.74) is 1.69. The number of carbonyl (C=O) groups excluding carboxylic acids is 2. The lowest BCUT2D eigenvalue weighted by molar-refractivity contribution is -0.137. The van der Waals surface area contributed by atoms with Gasteiger partial charge >= 0.3 is 5.97 Å². The van der Waals surface area contributed by atoms with Gasteiger partial charge in [-0.15, -0.1) is 0 Å². The summed E-state index contributed by atoms with van der Waals surface area (Å²) in [7, 11) is 3.09. The van der Waals surface area contributed by atoms with Crippen molar-refractivity contribution < 1.29 is 29.0 Å². The average molecular weight is 396 g/mol. The fraction of sp³-hybridized carbons (Fsp3) is 0.190. The second-order valence-corrected chi connectivity index (χ2v) is 6.30. The number of benzene rings is 2. The lowest BCUT2D eigenvalue weighted by Gasteiger charge is -2.16. The molecule has 1 aliphatic heterocycles. The van der Waals surface area contributed by atoms with Gasteiger partial charge < -0.3 is 19.9 Å². The van der Waals surface area contributed by atoms with Gasteiger partial charge in [0, 0.05) is 18.3 Å². The number of carboxylic acids is 1. The number of aromatic carboxylic acids is 1. The van der Waals surface area contributed by atoms with Crippen LogP contribution in [0.5, 0.6) is 11.5 Å². The van der Waals surface area contributed by atoms with E-state index >= 15 is 0 Å². The number of anilines is 1. The molecule has 8 heteroatoms. The first-order valence-corrected chi connectivity index (χ1v) is 8.81. The van der Waals surface area contributed by atoms with Crippen molar-refractivity contribution in [3.63, 3.8) is 0 Å². The van der Waals surface area contributed by atoms with Crippen LogP contribution in [0.3, 0.4) is 0 Å². The van der Waals surface area contributed by atoms with Crippen LogP contribution in [0.4, 0.5) is 5.69 Å². The molecule has 0 aromatic heterocycles. The molecule has 2 aromatic carbocycles. The molecule has 3 rings (SSSR count). The summed E-state index contributed by atoms with van der Waals surface area (Å²) in [5, 5.41) is 11.8. The van der Waals surface area contributed by atoms with Crippen LogP contribution in [0.1, 0.15) is 15.9 Å². The number of nitrogens with zero attached hydrogens (tertiary/aromatic N) is 1. The highest BCUT2D eigenvalue weighted by Crippen LogP contribution is 2.28. The van der Waals surface area contributed by atoms with E-state index in [1.165, 1.54) is 30.3 Å². The minimum Gasteiger partial charge on any atom is -0.493 e. The van der Waals surface area contributed by atoms with Crippen molar-refractivity contribution in [3.8, 4) is 11.5 Å². The molecule has 8 nitrogen and oxygen atoms in total. The summed E-state index contributed by atoms with van der Waals surface area (Å²) >= 11 is 0. The molecule has 1 aliphatic rings. The van der Waals surface area contributed by atoms with Gasteiger partial charge in [-0.1, -0.05) is 6.07 Å². The summed E-state index contributed by atoms with van der Waals surface area (Å²) in [6, 6.07) is 11.3. The van der Waals surface area contributed by atoms with E-state index in [9.17, 15) is 14.4 Å². The van der Waals surface area contributed by atoms with Crippen LogP contribution in [-0.2, 0) is 16.0 Å². The third-order valence-corrected chi connectivity index (χ3v) is 4.49. The van der Waals surface area contributed by atoms with Gasteiger partial charge in [0.25, 0.3) is 11.8 Å². The highest BCUT2D eigenvalue weighted by atomic mass is 16.5. The Hall–Kier alpha value is -3.81. The SMILES string of the molecule is COc1ccc(CCN2C(=O)C=C(Nc3ccc(C(=O)O)cc3)C2=O)cc1OC. The van der Waals surface area contributed by atoms with E-state index in [1.54, 1.807) is 26.4 Å². The van der Waals surface area contributed by atoms with Crippen LogP contribution in [0.2, 0.25) is 0 Å². The molecule has 2 N–H and O–H groups in total. The maximum Gasteiger partial charge on any atom is 0.335 e. The predicted molar refractivity (Wildman–Crippen MR) is 105 cm³/mol. The molecule has 1 heterocycles. The van der Waals surface area contributed by atoms with Crippen LogP contribution >= 0.6 is 0 Å². The number of rotatable bonds is 8. The van der Waals surface area contributed by atoms with E-state index < -0.39 is 17.8 Å². The number of hydrogen-bond donors (Lipinski definition) is 2. The number of amides is 2. The Balaban J connectivity index is 1.64. The van der Waals surface area contributed by atoms with E-state index in [0.717, 1.165) is 10.5 Å². The zero-order chi connectivity index (χ0) is 21.0. The van der Waals surface area contributed by atoms with Crippen molar-refractivity contribution in [1.29, 1.82) is 0 Å². The molecular formula is C21H20N2O6. The Kier molecular flexibility index (Phi) is 5.82. The van der Waals surface area contributed by atoms with Crippen molar-refractivity contribution in [2.24, 2.45) is 0 Å². The molecule has 0 saturated carbocycles. The Morgan fingerprint density at radius 1 is 1.03 bits per heavy atom.